The summed E-state index contributed by atoms with van der Waals surface area (Å²) >= 11 is 3.13. The summed E-state index contributed by atoms with van der Waals surface area (Å²) in [7, 11) is 0. The fourth-order valence-corrected chi connectivity index (χ4v) is 1.64. The molecule has 104 valence electrons. The zero-order valence-corrected chi connectivity index (χ0v) is 12.3. The van der Waals surface area contributed by atoms with Crippen LogP contribution in [-0.4, -0.2) is 24.5 Å². The van der Waals surface area contributed by atoms with Crippen molar-refractivity contribution in [2.75, 3.05) is 6.61 Å². The van der Waals surface area contributed by atoms with Gasteiger partial charge in [0.1, 0.15) is 5.82 Å². The highest BCUT2D eigenvalue weighted by Gasteiger charge is 2.15. The van der Waals surface area contributed by atoms with E-state index in [-0.39, 0.29) is 11.6 Å². The molecule has 0 bridgehead atoms. The minimum absolute atomic E-state index is 0.00816. The van der Waals surface area contributed by atoms with Crippen LogP contribution in [0.4, 0.5) is 4.39 Å². The molecule has 0 saturated heterocycles. The van der Waals surface area contributed by atoms with E-state index in [1.165, 1.54) is 12.1 Å². The predicted molar refractivity (Wildman–Crippen MR) is 72.3 cm³/mol. The van der Waals surface area contributed by atoms with Crippen molar-refractivity contribution >= 4 is 27.8 Å². The number of benzene rings is 1. The molecule has 0 aliphatic rings. The van der Waals surface area contributed by atoms with Gasteiger partial charge in [-0.2, -0.15) is 0 Å². The molecule has 1 N–H and O–H groups in total. The number of ether oxygens (including phenoxy) is 1. The van der Waals surface area contributed by atoms with Crippen LogP contribution in [0.2, 0.25) is 0 Å². The van der Waals surface area contributed by atoms with Crippen molar-refractivity contribution < 1.29 is 18.7 Å². The normalized spacial score (nSPS) is 11.8. The van der Waals surface area contributed by atoms with Crippen molar-refractivity contribution in [3.05, 3.63) is 34.1 Å². The number of carbonyl (C=O) groups is 2. The van der Waals surface area contributed by atoms with Gasteiger partial charge in [0.05, 0.1) is 5.56 Å². The Balaban J connectivity index is 2.56. The second-order valence-electron chi connectivity index (χ2n) is 4.08. The quantitative estimate of drug-likeness (QED) is 0.844. The maximum absolute atomic E-state index is 13.4. The molecule has 19 heavy (non-hydrogen) atoms. The van der Waals surface area contributed by atoms with Gasteiger partial charge in [-0.3, -0.25) is 4.79 Å². The van der Waals surface area contributed by atoms with Crippen LogP contribution in [0, 0.1) is 5.82 Å². The van der Waals surface area contributed by atoms with Crippen LogP contribution in [0.15, 0.2) is 22.7 Å². The van der Waals surface area contributed by atoms with Crippen molar-refractivity contribution in [3.8, 4) is 0 Å². The molecular weight excluding hydrogens is 317 g/mol. The highest BCUT2D eigenvalue weighted by atomic mass is 79.9. The Bertz CT molecular complexity index is 479. The molecular formula is C13H15BrFNO3. The molecule has 1 amide bonds. The van der Waals surface area contributed by atoms with Crippen molar-refractivity contribution in [1.82, 2.24) is 5.32 Å². The number of halogens is 2. The number of carbonyl (C=O) groups excluding carboxylic acids is 2. The van der Waals surface area contributed by atoms with Gasteiger partial charge in [0.15, 0.2) is 6.61 Å². The van der Waals surface area contributed by atoms with Crippen LogP contribution >= 0.6 is 15.9 Å². The van der Waals surface area contributed by atoms with Crippen LogP contribution in [0.5, 0.6) is 0 Å². The summed E-state index contributed by atoms with van der Waals surface area (Å²) in [5.41, 5.74) is -0.203. The van der Waals surface area contributed by atoms with E-state index in [9.17, 15) is 14.0 Å². The number of hydrogen-bond donors (Lipinski definition) is 1. The topological polar surface area (TPSA) is 55.4 Å². The number of nitrogens with one attached hydrogen (secondary N) is 1. The van der Waals surface area contributed by atoms with Gasteiger partial charge in [0.25, 0.3) is 5.91 Å². The highest BCUT2D eigenvalue weighted by molar-refractivity contribution is 9.10. The van der Waals surface area contributed by atoms with Gasteiger partial charge in [-0.15, -0.1) is 0 Å². The molecule has 1 rings (SSSR count). The van der Waals surface area contributed by atoms with Crippen molar-refractivity contribution in [2.24, 2.45) is 0 Å². The lowest BCUT2D eigenvalue weighted by molar-refractivity contribution is -0.124. The molecule has 1 aromatic carbocycles. The third kappa shape index (κ3) is 4.98. The lowest BCUT2D eigenvalue weighted by Crippen LogP contribution is -2.35. The van der Waals surface area contributed by atoms with Crippen LogP contribution in [0.1, 0.15) is 30.6 Å². The Labute approximate surface area is 119 Å². The van der Waals surface area contributed by atoms with Crippen molar-refractivity contribution in [2.45, 2.75) is 26.3 Å². The number of esters is 1. The van der Waals surface area contributed by atoms with E-state index in [2.05, 4.69) is 21.2 Å². The third-order valence-electron chi connectivity index (χ3n) is 2.50. The SMILES string of the molecule is CC[C@H](C)NC(=O)COC(=O)c1cc(Br)ccc1F. The van der Waals surface area contributed by atoms with E-state index in [4.69, 9.17) is 4.74 Å². The molecule has 0 heterocycles. The van der Waals surface area contributed by atoms with Crippen LogP contribution in [0.3, 0.4) is 0 Å². The van der Waals surface area contributed by atoms with Crippen molar-refractivity contribution in [1.29, 1.82) is 0 Å². The second-order valence-corrected chi connectivity index (χ2v) is 4.99. The van der Waals surface area contributed by atoms with E-state index in [0.717, 1.165) is 12.5 Å². The average molecular weight is 332 g/mol. The largest absolute Gasteiger partial charge is 0.452 e. The fraction of sp³-hybridized carbons (Fsp3) is 0.385. The number of rotatable bonds is 5. The maximum Gasteiger partial charge on any atom is 0.341 e. The van der Waals surface area contributed by atoms with Gasteiger partial charge < -0.3 is 10.1 Å². The lowest BCUT2D eigenvalue weighted by atomic mass is 10.2. The van der Waals surface area contributed by atoms with Crippen LogP contribution < -0.4 is 5.32 Å². The van der Waals surface area contributed by atoms with Gasteiger partial charge in [0, 0.05) is 10.5 Å². The maximum atomic E-state index is 13.4. The Hall–Kier alpha value is -1.43. The first-order valence-corrected chi connectivity index (χ1v) is 6.64. The molecule has 0 aromatic heterocycles. The van der Waals surface area contributed by atoms with Gasteiger partial charge in [0.2, 0.25) is 0 Å². The molecule has 0 aliphatic carbocycles. The Morgan fingerprint density at radius 1 is 1.47 bits per heavy atom. The van der Waals surface area contributed by atoms with E-state index < -0.39 is 24.3 Å². The monoisotopic (exact) mass is 331 g/mol. The molecule has 0 spiro atoms. The molecule has 4 nitrogen and oxygen atoms in total. The average Bonchev–Trinajstić information content (AvgIpc) is 2.38. The molecule has 6 heteroatoms. The summed E-state index contributed by atoms with van der Waals surface area (Å²) in [5, 5.41) is 2.64. The van der Waals surface area contributed by atoms with Crippen molar-refractivity contribution in [3.63, 3.8) is 0 Å². The van der Waals surface area contributed by atoms with Gasteiger partial charge in [-0.1, -0.05) is 22.9 Å². The van der Waals surface area contributed by atoms with Gasteiger partial charge in [-0.05, 0) is 31.5 Å². The predicted octanol–water partition coefficient (Wildman–Crippen LogP) is 2.66. The molecule has 0 fully saturated rings. The molecule has 0 saturated carbocycles. The summed E-state index contributed by atoms with van der Waals surface area (Å²) in [5.74, 6) is -1.95. The molecule has 1 atom stereocenters. The first-order valence-electron chi connectivity index (χ1n) is 5.85. The molecule has 0 aliphatic heterocycles. The number of amides is 1. The minimum atomic E-state index is -0.863. The highest BCUT2D eigenvalue weighted by Crippen LogP contribution is 2.16. The summed E-state index contributed by atoms with van der Waals surface area (Å²) in [6.45, 7) is 3.34. The first-order chi connectivity index (χ1) is 8.93. The third-order valence-corrected chi connectivity index (χ3v) is 3.00. The van der Waals surface area contributed by atoms with E-state index in [0.29, 0.717) is 4.47 Å². The molecule has 0 radical (unpaired) electrons. The van der Waals surface area contributed by atoms with Crippen LogP contribution in [0.25, 0.3) is 0 Å². The Morgan fingerprint density at radius 2 is 2.16 bits per heavy atom. The first kappa shape index (κ1) is 15.6. The van der Waals surface area contributed by atoms with E-state index in [1.54, 1.807) is 0 Å². The zero-order valence-electron chi connectivity index (χ0n) is 10.7. The Morgan fingerprint density at radius 3 is 2.79 bits per heavy atom. The molecule has 1 aromatic rings. The summed E-state index contributed by atoms with van der Waals surface area (Å²) in [4.78, 5) is 23.0. The van der Waals surface area contributed by atoms with Gasteiger partial charge >= 0.3 is 5.97 Å². The smallest absolute Gasteiger partial charge is 0.341 e. The summed E-state index contributed by atoms with van der Waals surface area (Å²) < 4.78 is 18.7. The zero-order chi connectivity index (χ0) is 14.4. The fourth-order valence-electron chi connectivity index (χ4n) is 1.28. The number of hydrogen-bond acceptors (Lipinski definition) is 3. The van der Waals surface area contributed by atoms with Crippen LogP contribution in [-0.2, 0) is 9.53 Å². The van der Waals surface area contributed by atoms with E-state index in [1.807, 2.05) is 13.8 Å². The van der Waals surface area contributed by atoms with Gasteiger partial charge in [-0.25, -0.2) is 9.18 Å². The second kappa shape index (κ2) is 7.23. The van der Waals surface area contributed by atoms with E-state index >= 15 is 0 Å². The Kier molecular flexibility index (Phi) is 5.95. The standard InChI is InChI=1S/C13H15BrFNO3/c1-3-8(2)16-12(17)7-19-13(18)10-6-9(14)4-5-11(10)15/h4-6,8H,3,7H2,1-2H3,(H,16,17)/t8-/m0/s1. The summed E-state index contributed by atoms with van der Waals surface area (Å²) in [6.07, 6.45) is 0.778. The summed E-state index contributed by atoms with van der Waals surface area (Å²) in [6, 6.07) is 3.94. The lowest BCUT2D eigenvalue weighted by Gasteiger charge is -2.11. The minimum Gasteiger partial charge on any atom is -0.452 e. The molecule has 0 unspecified atom stereocenters.